The standard InChI is InChI=1S/C11H19N5O2/c1-17-7-3-2-4-8(5-7)18-10-6-9(16-13)14-11(12)15-10/h6-8H,2-5,13H2,1H3,(H3,12,14,15,16). The molecular weight excluding hydrogens is 234 g/mol. The number of nitrogen functional groups attached to an aromatic ring is 2. The van der Waals surface area contributed by atoms with Gasteiger partial charge in [-0.2, -0.15) is 9.97 Å². The summed E-state index contributed by atoms with van der Waals surface area (Å²) in [7, 11) is 1.73. The van der Waals surface area contributed by atoms with E-state index >= 15 is 0 Å². The SMILES string of the molecule is COC1CCCC(Oc2cc(NN)nc(N)n2)C1. The molecule has 0 aliphatic heterocycles. The van der Waals surface area contributed by atoms with Crippen molar-refractivity contribution in [3.63, 3.8) is 0 Å². The quantitative estimate of drug-likeness (QED) is 0.534. The molecule has 0 spiro atoms. The average molecular weight is 253 g/mol. The van der Waals surface area contributed by atoms with E-state index < -0.39 is 0 Å². The largest absolute Gasteiger partial charge is 0.474 e. The highest BCUT2D eigenvalue weighted by atomic mass is 16.5. The van der Waals surface area contributed by atoms with Crippen molar-refractivity contribution < 1.29 is 9.47 Å². The second kappa shape index (κ2) is 5.83. The van der Waals surface area contributed by atoms with Crippen LogP contribution in [0, 0.1) is 0 Å². The number of nitrogens with two attached hydrogens (primary N) is 2. The lowest BCUT2D eigenvalue weighted by molar-refractivity contribution is 0.0195. The monoisotopic (exact) mass is 253 g/mol. The molecule has 2 atom stereocenters. The van der Waals surface area contributed by atoms with Gasteiger partial charge in [0.2, 0.25) is 11.8 Å². The highest BCUT2D eigenvalue weighted by Crippen LogP contribution is 2.25. The lowest BCUT2D eigenvalue weighted by Gasteiger charge is -2.28. The fourth-order valence-corrected chi connectivity index (χ4v) is 2.17. The zero-order chi connectivity index (χ0) is 13.0. The van der Waals surface area contributed by atoms with Gasteiger partial charge in [-0.15, -0.1) is 0 Å². The van der Waals surface area contributed by atoms with Crippen LogP contribution in [0.2, 0.25) is 0 Å². The Bertz CT molecular complexity index is 401. The Labute approximate surface area is 106 Å². The molecule has 2 rings (SSSR count). The zero-order valence-corrected chi connectivity index (χ0v) is 10.4. The van der Waals surface area contributed by atoms with Crippen molar-refractivity contribution in [2.45, 2.75) is 37.9 Å². The molecule has 1 aromatic rings. The molecule has 1 heterocycles. The van der Waals surface area contributed by atoms with Crippen LogP contribution < -0.4 is 21.7 Å². The molecule has 1 fully saturated rings. The van der Waals surface area contributed by atoms with Crippen molar-refractivity contribution in [1.29, 1.82) is 0 Å². The number of hydrazine groups is 1. The normalized spacial score (nSPS) is 23.7. The highest BCUT2D eigenvalue weighted by Gasteiger charge is 2.23. The summed E-state index contributed by atoms with van der Waals surface area (Å²) in [5.41, 5.74) is 8.00. The molecule has 100 valence electrons. The first-order valence-corrected chi connectivity index (χ1v) is 6.02. The minimum absolute atomic E-state index is 0.101. The van der Waals surface area contributed by atoms with Crippen LogP contribution in [0.5, 0.6) is 5.88 Å². The van der Waals surface area contributed by atoms with E-state index in [1.807, 2.05) is 0 Å². The predicted molar refractivity (Wildman–Crippen MR) is 67.9 cm³/mol. The van der Waals surface area contributed by atoms with E-state index in [0.717, 1.165) is 25.7 Å². The summed E-state index contributed by atoms with van der Waals surface area (Å²) in [4.78, 5) is 7.94. The lowest BCUT2D eigenvalue weighted by atomic mass is 9.95. The molecule has 2 unspecified atom stereocenters. The molecule has 1 aliphatic carbocycles. The summed E-state index contributed by atoms with van der Waals surface area (Å²) >= 11 is 0. The molecule has 7 nitrogen and oxygen atoms in total. The number of hydrogen-bond donors (Lipinski definition) is 3. The van der Waals surface area contributed by atoms with Crippen LogP contribution in [-0.4, -0.2) is 29.3 Å². The van der Waals surface area contributed by atoms with Gasteiger partial charge in [0, 0.05) is 19.6 Å². The molecule has 7 heteroatoms. The van der Waals surface area contributed by atoms with Gasteiger partial charge in [-0.3, -0.25) is 0 Å². The van der Waals surface area contributed by atoms with Gasteiger partial charge in [-0.25, -0.2) is 5.84 Å². The van der Waals surface area contributed by atoms with Crippen molar-refractivity contribution in [2.24, 2.45) is 5.84 Å². The Kier molecular flexibility index (Phi) is 4.16. The summed E-state index contributed by atoms with van der Waals surface area (Å²) in [6, 6.07) is 1.63. The molecule has 5 N–H and O–H groups in total. The Morgan fingerprint density at radius 3 is 2.83 bits per heavy atom. The molecule has 0 amide bonds. The summed E-state index contributed by atoms with van der Waals surface area (Å²) in [6.45, 7) is 0. The van der Waals surface area contributed by atoms with Crippen molar-refractivity contribution in [1.82, 2.24) is 9.97 Å². The average Bonchev–Trinajstić information content (AvgIpc) is 2.38. The minimum atomic E-state index is 0.101. The van der Waals surface area contributed by atoms with Gasteiger partial charge >= 0.3 is 0 Å². The van der Waals surface area contributed by atoms with Crippen LogP contribution in [0.3, 0.4) is 0 Å². The summed E-state index contributed by atoms with van der Waals surface area (Å²) in [5.74, 6) is 6.31. The first kappa shape index (κ1) is 12.8. The summed E-state index contributed by atoms with van der Waals surface area (Å²) in [6.07, 6.45) is 4.39. The van der Waals surface area contributed by atoms with Crippen LogP contribution in [0.1, 0.15) is 25.7 Å². The van der Waals surface area contributed by atoms with E-state index in [-0.39, 0.29) is 18.2 Å². The number of hydrogen-bond acceptors (Lipinski definition) is 7. The molecule has 1 saturated carbocycles. The van der Waals surface area contributed by atoms with Gasteiger partial charge in [-0.1, -0.05) is 0 Å². The van der Waals surface area contributed by atoms with Gasteiger partial charge in [0.25, 0.3) is 0 Å². The third-order valence-electron chi connectivity index (χ3n) is 3.07. The second-order valence-corrected chi connectivity index (χ2v) is 4.36. The topological polar surface area (TPSA) is 108 Å². The molecule has 0 saturated heterocycles. The Morgan fingerprint density at radius 2 is 2.11 bits per heavy atom. The van der Waals surface area contributed by atoms with Gasteiger partial charge in [0.15, 0.2) is 0 Å². The summed E-state index contributed by atoms with van der Waals surface area (Å²) in [5, 5.41) is 0. The van der Waals surface area contributed by atoms with Crippen molar-refractivity contribution >= 4 is 11.8 Å². The van der Waals surface area contributed by atoms with Crippen molar-refractivity contribution in [3.8, 4) is 5.88 Å². The molecule has 1 aromatic heterocycles. The van der Waals surface area contributed by atoms with Crippen molar-refractivity contribution in [2.75, 3.05) is 18.3 Å². The van der Waals surface area contributed by atoms with Crippen LogP contribution in [-0.2, 0) is 4.74 Å². The van der Waals surface area contributed by atoms with E-state index in [0.29, 0.717) is 11.7 Å². The molecule has 0 aromatic carbocycles. The number of rotatable bonds is 4. The van der Waals surface area contributed by atoms with Gasteiger partial charge < -0.3 is 20.6 Å². The molecule has 0 bridgehead atoms. The Hall–Kier alpha value is -1.60. The maximum Gasteiger partial charge on any atom is 0.225 e. The lowest BCUT2D eigenvalue weighted by Crippen LogP contribution is -2.29. The van der Waals surface area contributed by atoms with E-state index in [1.54, 1.807) is 13.2 Å². The Morgan fingerprint density at radius 1 is 1.33 bits per heavy atom. The maximum atomic E-state index is 5.80. The third-order valence-corrected chi connectivity index (χ3v) is 3.07. The van der Waals surface area contributed by atoms with Crippen molar-refractivity contribution in [3.05, 3.63) is 6.07 Å². The first-order valence-electron chi connectivity index (χ1n) is 6.02. The van der Waals surface area contributed by atoms with Crippen LogP contribution in [0.15, 0.2) is 6.07 Å². The first-order chi connectivity index (χ1) is 8.71. The molecule has 1 aliphatic rings. The number of nitrogens with zero attached hydrogens (tertiary/aromatic N) is 2. The van der Waals surface area contributed by atoms with Gasteiger partial charge in [-0.05, 0) is 19.3 Å². The summed E-state index contributed by atoms with van der Waals surface area (Å²) < 4.78 is 11.2. The third kappa shape index (κ3) is 3.21. The van der Waals surface area contributed by atoms with Gasteiger partial charge in [0.1, 0.15) is 11.9 Å². The number of methoxy groups -OCH3 is 1. The van der Waals surface area contributed by atoms with Crippen LogP contribution in [0.4, 0.5) is 11.8 Å². The Balaban J connectivity index is 2.02. The molecular formula is C11H19N5O2. The van der Waals surface area contributed by atoms with Crippen LogP contribution >= 0.6 is 0 Å². The van der Waals surface area contributed by atoms with E-state index in [1.165, 1.54) is 0 Å². The fourth-order valence-electron chi connectivity index (χ4n) is 2.17. The smallest absolute Gasteiger partial charge is 0.225 e. The second-order valence-electron chi connectivity index (χ2n) is 4.36. The fraction of sp³-hybridized carbons (Fsp3) is 0.636. The van der Waals surface area contributed by atoms with Gasteiger partial charge in [0.05, 0.1) is 6.10 Å². The zero-order valence-electron chi connectivity index (χ0n) is 10.4. The van der Waals surface area contributed by atoms with E-state index in [4.69, 9.17) is 21.1 Å². The van der Waals surface area contributed by atoms with E-state index in [2.05, 4.69) is 15.4 Å². The number of aromatic nitrogens is 2. The van der Waals surface area contributed by atoms with E-state index in [9.17, 15) is 0 Å². The van der Waals surface area contributed by atoms with Crippen LogP contribution in [0.25, 0.3) is 0 Å². The number of ether oxygens (including phenoxy) is 2. The number of nitrogens with one attached hydrogen (secondary N) is 1. The highest BCUT2D eigenvalue weighted by molar-refractivity contribution is 5.41. The predicted octanol–water partition coefficient (Wildman–Crippen LogP) is 0.681. The number of anilines is 2. The molecule has 0 radical (unpaired) electrons. The molecule has 18 heavy (non-hydrogen) atoms. The minimum Gasteiger partial charge on any atom is -0.474 e. The maximum absolute atomic E-state index is 5.80.